The molecule has 0 heterocycles. The summed E-state index contributed by atoms with van der Waals surface area (Å²) in [6.45, 7) is 7.27. The molecule has 1 aromatic carbocycles. The summed E-state index contributed by atoms with van der Waals surface area (Å²) in [5.74, 6) is 0. The summed E-state index contributed by atoms with van der Waals surface area (Å²) < 4.78 is 0. The average Bonchev–Trinajstić information content (AvgIpc) is 2.43. The van der Waals surface area contributed by atoms with Crippen molar-refractivity contribution in [3.8, 4) is 0 Å². The van der Waals surface area contributed by atoms with Gasteiger partial charge in [-0.05, 0) is 39.8 Å². The zero-order valence-electron chi connectivity index (χ0n) is 14.1. The maximum atomic E-state index is 11.7. The van der Waals surface area contributed by atoms with Gasteiger partial charge >= 0.3 is 6.03 Å². The van der Waals surface area contributed by atoms with Crippen LogP contribution in [0.25, 0.3) is 0 Å². The number of aliphatic hydroxyl groups is 1. The maximum Gasteiger partial charge on any atom is 0.315 e. The van der Waals surface area contributed by atoms with E-state index in [4.69, 9.17) is 0 Å². The van der Waals surface area contributed by atoms with E-state index in [1.165, 1.54) is 5.56 Å². The molecule has 0 radical (unpaired) electrons. The number of rotatable bonds is 7. The Balaban J connectivity index is 2.48. The van der Waals surface area contributed by atoms with Gasteiger partial charge in [-0.25, -0.2) is 4.79 Å². The van der Waals surface area contributed by atoms with Crippen LogP contribution in [0.4, 0.5) is 4.79 Å². The van der Waals surface area contributed by atoms with Crippen molar-refractivity contribution < 1.29 is 9.90 Å². The molecule has 22 heavy (non-hydrogen) atoms. The van der Waals surface area contributed by atoms with Gasteiger partial charge in [0.15, 0.2) is 0 Å². The highest BCUT2D eigenvalue weighted by Gasteiger charge is 2.17. The Hall–Kier alpha value is -1.59. The molecule has 5 nitrogen and oxygen atoms in total. The molecule has 0 spiro atoms. The normalized spacial score (nSPS) is 13.0. The van der Waals surface area contributed by atoms with Crippen molar-refractivity contribution in [1.82, 2.24) is 15.5 Å². The fourth-order valence-corrected chi connectivity index (χ4v) is 2.33. The van der Waals surface area contributed by atoms with Crippen molar-refractivity contribution in [3.05, 3.63) is 35.9 Å². The SMILES string of the molecule is CN(CCNC(=O)NC(C)(C)C)C(CCO)c1ccccc1. The van der Waals surface area contributed by atoms with Gasteiger partial charge in [0.1, 0.15) is 0 Å². The van der Waals surface area contributed by atoms with Crippen LogP contribution in [0.2, 0.25) is 0 Å². The molecule has 0 aliphatic carbocycles. The second-order valence-electron chi connectivity index (χ2n) is 6.55. The van der Waals surface area contributed by atoms with Crippen molar-refractivity contribution in [2.45, 2.75) is 38.8 Å². The van der Waals surface area contributed by atoms with E-state index < -0.39 is 0 Å². The number of carbonyl (C=O) groups excluding carboxylic acids is 1. The van der Waals surface area contributed by atoms with Crippen LogP contribution in [0.1, 0.15) is 38.8 Å². The van der Waals surface area contributed by atoms with Crippen LogP contribution < -0.4 is 10.6 Å². The Kier molecular flexibility index (Phi) is 7.35. The Labute approximate surface area is 133 Å². The van der Waals surface area contributed by atoms with Crippen LogP contribution >= 0.6 is 0 Å². The standard InChI is InChI=1S/C17H29N3O2/c1-17(2,3)19-16(22)18-11-12-20(4)15(10-13-21)14-8-6-5-7-9-14/h5-9,15,21H,10-13H2,1-4H3,(H2,18,19,22). The lowest BCUT2D eigenvalue weighted by molar-refractivity contribution is 0.184. The molecular weight excluding hydrogens is 278 g/mol. The van der Waals surface area contributed by atoms with Gasteiger partial charge < -0.3 is 15.7 Å². The van der Waals surface area contributed by atoms with Crippen molar-refractivity contribution >= 4 is 6.03 Å². The minimum absolute atomic E-state index is 0.141. The molecule has 2 amide bonds. The molecule has 0 saturated carbocycles. The quantitative estimate of drug-likeness (QED) is 0.723. The van der Waals surface area contributed by atoms with Crippen molar-refractivity contribution in [3.63, 3.8) is 0 Å². The van der Waals surface area contributed by atoms with E-state index in [0.717, 1.165) is 6.54 Å². The molecule has 1 aromatic rings. The Morgan fingerprint density at radius 3 is 2.45 bits per heavy atom. The minimum atomic E-state index is -0.237. The van der Waals surface area contributed by atoms with Gasteiger partial charge in [-0.3, -0.25) is 4.90 Å². The number of hydrogen-bond donors (Lipinski definition) is 3. The summed E-state index contributed by atoms with van der Waals surface area (Å²) in [4.78, 5) is 13.9. The molecule has 0 aromatic heterocycles. The number of urea groups is 1. The highest BCUT2D eigenvalue weighted by Crippen LogP contribution is 2.21. The molecule has 1 rings (SSSR count). The third-order valence-corrected chi connectivity index (χ3v) is 3.36. The highest BCUT2D eigenvalue weighted by molar-refractivity contribution is 5.74. The molecule has 0 saturated heterocycles. The van der Waals surface area contributed by atoms with Gasteiger partial charge in [-0.15, -0.1) is 0 Å². The molecule has 124 valence electrons. The van der Waals surface area contributed by atoms with Crippen LogP contribution in [-0.4, -0.2) is 48.3 Å². The van der Waals surface area contributed by atoms with Crippen LogP contribution in [0.15, 0.2) is 30.3 Å². The van der Waals surface area contributed by atoms with E-state index in [-0.39, 0.29) is 24.2 Å². The van der Waals surface area contributed by atoms with Crippen molar-refractivity contribution in [2.24, 2.45) is 0 Å². The van der Waals surface area contributed by atoms with Crippen LogP contribution in [0.5, 0.6) is 0 Å². The van der Waals surface area contributed by atoms with Crippen LogP contribution in [0.3, 0.4) is 0 Å². The summed E-state index contributed by atoms with van der Waals surface area (Å²) in [6.07, 6.45) is 0.675. The lowest BCUT2D eigenvalue weighted by Gasteiger charge is -2.28. The van der Waals surface area contributed by atoms with E-state index in [1.807, 2.05) is 46.0 Å². The van der Waals surface area contributed by atoms with Gasteiger partial charge in [0.25, 0.3) is 0 Å². The summed E-state index contributed by atoms with van der Waals surface area (Å²) in [6, 6.07) is 10.1. The number of amides is 2. The minimum Gasteiger partial charge on any atom is -0.396 e. The first-order chi connectivity index (χ1) is 10.3. The largest absolute Gasteiger partial charge is 0.396 e. The number of hydrogen-bond acceptors (Lipinski definition) is 3. The third kappa shape index (κ3) is 6.91. The van der Waals surface area contributed by atoms with E-state index in [0.29, 0.717) is 13.0 Å². The molecule has 0 bridgehead atoms. The zero-order valence-corrected chi connectivity index (χ0v) is 14.1. The van der Waals surface area contributed by atoms with Gasteiger partial charge in [-0.2, -0.15) is 0 Å². The van der Waals surface area contributed by atoms with E-state index in [2.05, 4.69) is 27.7 Å². The number of nitrogens with zero attached hydrogens (tertiary/aromatic N) is 1. The molecular formula is C17H29N3O2. The predicted molar refractivity (Wildman–Crippen MR) is 89.8 cm³/mol. The average molecular weight is 307 g/mol. The number of aliphatic hydroxyl groups excluding tert-OH is 1. The first-order valence-electron chi connectivity index (χ1n) is 7.75. The van der Waals surface area contributed by atoms with Gasteiger partial charge in [0.05, 0.1) is 0 Å². The van der Waals surface area contributed by atoms with Crippen molar-refractivity contribution in [2.75, 3.05) is 26.7 Å². The lowest BCUT2D eigenvalue weighted by Crippen LogP contribution is -2.48. The van der Waals surface area contributed by atoms with Gasteiger partial charge in [0.2, 0.25) is 0 Å². The summed E-state index contributed by atoms with van der Waals surface area (Å²) in [7, 11) is 2.01. The molecule has 1 atom stereocenters. The highest BCUT2D eigenvalue weighted by atomic mass is 16.3. The van der Waals surface area contributed by atoms with Crippen molar-refractivity contribution in [1.29, 1.82) is 0 Å². The first-order valence-corrected chi connectivity index (χ1v) is 7.75. The fraction of sp³-hybridized carbons (Fsp3) is 0.588. The lowest BCUT2D eigenvalue weighted by atomic mass is 10.0. The van der Waals surface area contributed by atoms with Crippen LogP contribution in [0, 0.1) is 0 Å². The second-order valence-corrected chi connectivity index (χ2v) is 6.55. The van der Waals surface area contributed by atoms with Gasteiger partial charge in [0, 0.05) is 31.3 Å². The summed E-state index contributed by atoms with van der Waals surface area (Å²) in [5.41, 5.74) is 0.942. The topological polar surface area (TPSA) is 64.6 Å². The molecule has 1 unspecified atom stereocenters. The molecule has 3 N–H and O–H groups in total. The van der Waals surface area contributed by atoms with E-state index in [9.17, 15) is 9.90 Å². The number of carbonyl (C=O) groups is 1. The fourth-order valence-electron chi connectivity index (χ4n) is 2.33. The Morgan fingerprint density at radius 2 is 1.91 bits per heavy atom. The van der Waals surface area contributed by atoms with Gasteiger partial charge in [-0.1, -0.05) is 30.3 Å². The molecule has 5 heteroatoms. The summed E-state index contributed by atoms with van der Waals surface area (Å²) in [5, 5.41) is 15.0. The first kappa shape index (κ1) is 18.5. The molecule has 0 fully saturated rings. The van der Waals surface area contributed by atoms with E-state index in [1.54, 1.807) is 0 Å². The monoisotopic (exact) mass is 307 g/mol. The second kappa shape index (κ2) is 8.76. The molecule has 0 aliphatic heterocycles. The summed E-state index contributed by atoms with van der Waals surface area (Å²) >= 11 is 0. The third-order valence-electron chi connectivity index (χ3n) is 3.36. The van der Waals surface area contributed by atoms with Crippen LogP contribution in [-0.2, 0) is 0 Å². The smallest absolute Gasteiger partial charge is 0.315 e. The zero-order chi connectivity index (χ0) is 16.6. The molecule has 0 aliphatic rings. The number of benzene rings is 1. The number of likely N-dealkylation sites (N-methyl/N-ethyl adjacent to an activating group) is 1. The Bertz CT molecular complexity index is 443. The maximum absolute atomic E-state index is 11.7. The predicted octanol–water partition coefficient (Wildman–Crippen LogP) is 2.14. The Morgan fingerprint density at radius 1 is 1.27 bits per heavy atom. The van der Waals surface area contributed by atoms with E-state index >= 15 is 0 Å². The number of nitrogens with one attached hydrogen (secondary N) is 2.